The molecule has 29 heavy (non-hydrogen) atoms. The zero-order valence-electron chi connectivity index (χ0n) is 16.4. The molecule has 1 unspecified atom stereocenters. The molecule has 0 aliphatic carbocycles. The van der Waals surface area contributed by atoms with Crippen molar-refractivity contribution in [2.24, 2.45) is 0 Å². The summed E-state index contributed by atoms with van der Waals surface area (Å²) in [6, 6.07) is 29.3. The number of rotatable bonds is 7. The summed E-state index contributed by atoms with van der Waals surface area (Å²) in [5.74, 6) is 0. The monoisotopic (exact) mass is 417 g/mol. The minimum Gasteiger partial charge on any atom is -0.372 e. The van der Waals surface area contributed by atoms with Crippen LogP contribution in [0.1, 0.15) is 18.7 Å². The molecule has 3 aromatic carbocycles. The van der Waals surface area contributed by atoms with E-state index in [9.17, 15) is 0 Å². The summed E-state index contributed by atoms with van der Waals surface area (Å²) >= 11 is 6.45. The van der Waals surface area contributed by atoms with Gasteiger partial charge in [-0.05, 0) is 29.0 Å². The predicted molar refractivity (Wildman–Crippen MR) is 127 cm³/mol. The number of aromatic nitrogens is 1. The van der Waals surface area contributed by atoms with E-state index in [1.54, 1.807) is 0 Å². The standard InChI is InChI=1S/C25H24NOPS/c1-2-27-24(25-23-16-10-9-11-20(23)17-18-26-25)19-28(29,21-12-5-3-6-13-21)22-14-7-4-8-15-22/h3-18,24H,2,19H2,1H3. The van der Waals surface area contributed by atoms with Crippen molar-refractivity contribution in [3.05, 3.63) is 103 Å². The zero-order chi connectivity index (χ0) is 20.1. The Bertz CT molecular complexity index is 1080. The molecule has 2 nitrogen and oxygen atoms in total. The van der Waals surface area contributed by atoms with Crippen LogP contribution in [0.5, 0.6) is 0 Å². The number of hydrogen-bond acceptors (Lipinski definition) is 3. The second-order valence-electron chi connectivity index (χ2n) is 6.95. The largest absolute Gasteiger partial charge is 0.372 e. The van der Waals surface area contributed by atoms with Gasteiger partial charge in [0.2, 0.25) is 0 Å². The SMILES string of the molecule is CCOC(CP(=S)(c1ccccc1)c1ccccc1)c1nccc2ccccc12. The van der Waals surface area contributed by atoms with Crippen LogP contribution in [0.25, 0.3) is 10.8 Å². The molecule has 4 aromatic rings. The molecule has 1 heterocycles. The summed E-state index contributed by atoms with van der Waals surface area (Å²) in [7, 11) is 0. The highest BCUT2D eigenvalue weighted by Crippen LogP contribution is 2.48. The summed E-state index contributed by atoms with van der Waals surface area (Å²) in [6.45, 7) is 2.65. The molecule has 0 saturated heterocycles. The molecular weight excluding hydrogens is 393 g/mol. The van der Waals surface area contributed by atoms with Crippen LogP contribution < -0.4 is 10.6 Å². The maximum atomic E-state index is 6.45. The summed E-state index contributed by atoms with van der Waals surface area (Å²) in [6.07, 6.45) is 2.46. The van der Waals surface area contributed by atoms with Crippen molar-refractivity contribution in [2.75, 3.05) is 12.8 Å². The lowest BCUT2D eigenvalue weighted by atomic mass is 10.1. The number of fused-ring (bicyclic) bond motifs is 1. The molecule has 4 heteroatoms. The highest BCUT2D eigenvalue weighted by molar-refractivity contribution is 8.21. The third kappa shape index (κ3) is 4.18. The molecule has 0 spiro atoms. The van der Waals surface area contributed by atoms with Crippen LogP contribution in [0, 0.1) is 0 Å². The predicted octanol–water partition coefficient (Wildman–Crippen LogP) is 5.44. The lowest BCUT2D eigenvalue weighted by molar-refractivity contribution is 0.0773. The Morgan fingerprint density at radius 2 is 1.41 bits per heavy atom. The van der Waals surface area contributed by atoms with E-state index < -0.39 is 6.04 Å². The average molecular weight is 418 g/mol. The Kier molecular flexibility index (Phi) is 6.20. The van der Waals surface area contributed by atoms with E-state index in [0.717, 1.165) is 17.2 Å². The summed E-state index contributed by atoms with van der Waals surface area (Å²) in [5.41, 5.74) is 0.978. The molecule has 4 rings (SSSR count). The van der Waals surface area contributed by atoms with E-state index in [1.165, 1.54) is 16.0 Å². The van der Waals surface area contributed by atoms with E-state index in [2.05, 4.69) is 72.8 Å². The van der Waals surface area contributed by atoms with Crippen LogP contribution >= 0.6 is 6.04 Å². The van der Waals surface area contributed by atoms with Gasteiger partial charge in [-0.1, -0.05) is 96.7 Å². The minimum absolute atomic E-state index is 0.155. The molecule has 0 amide bonds. The molecule has 0 aliphatic rings. The fraction of sp³-hybridized carbons (Fsp3) is 0.160. The van der Waals surface area contributed by atoms with Crippen LogP contribution in [-0.4, -0.2) is 17.8 Å². The summed E-state index contributed by atoms with van der Waals surface area (Å²) in [5, 5.41) is 4.74. The van der Waals surface area contributed by atoms with Gasteiger partial charge in [-0.3, -0.25) is 4.98 Å². The van der Waals surface area contributed by atoms with Crippen LogP contribution in [0.15, 0.2) is 97.2 Å². The average Bonchev–Trinajstić information content (AvgIpc) is 2.79. The topological polar surface area (TPSA) is 22.1 Å². The van der Waals surface area contributed by atoms with Gasteiger partial charge in [0, 0.05) is 30.4 Å². The Labute approximate surface area is 177 Å². The zero-order valence-corrected chi connectivity index (χ0v) is 18.2. The van der Waals surface area contributed by atoms with Crippen molar-refractivity contribution in [3.63, 3.8) is 0 Å². The van der Waals surface area contributed by atoms with Crippen molar-refractivity contribution in [3.8, 4) is 0 Å². The second kappa shape index (κ2) is 9.00. The quantitative estimate of drug-likeness (QED) is 0.374. The molecule has 1 aromatic heterocycles. The lowest BCUT2D eigenvalue weighted by Crippen LogP contribution is -2.23. The highest BCUT2D eigenvalue weighted by atomic mass is 32.4. The van der Waals surface area contributed by atoms with E-state index >= 15 is 0 Å². The van der Waals surface area contributed by atoms with Crippen LogP contribution in [0.3, 0.4) is 0 Å². The maximum Gasteiger partial charge on any atom is 0.105 e. The van der Waals surface area contributed by atoms with E-state index in [-0.39, 0.29) is 6.10 Å². The van der Waals surface area contributed by atoms with Gasteiger partial charge in [0.15, 0.2) is 0 Å². The Morgan fingerprint density at radius 3 is 2.03 bits per heavy atom. The van der Waals surface area contributed by atoms with Gasteiger partial charge >= 0.3 is 0 Å². The fourth-order valence-electron chi connectivity index (χ4n) is 3.75. The second-order valence-corrected chi connectivity index (χ2v) is 11.7. The molecule has 0 N–H and O–H groups in total. The first kappa shape index (κ1) is 20.0. The number of ether oxygens (including phenoxy) is 1. The molecule has 0 fully saturated rings. The molecule has 0 aliphatic heterocycles. The van der Waals surface area contributed by atoms with Gasteiger partial charge in [-0.15, -0.1) is 0 Å². The smallest absolute Gasteiger partial charge is 0.105 e. The van der Waals surface area contributed by atoms with Gasteiger partial charge in [-0.25, -0.2) is 0 Å². The molecule has 0 bridgehead atoms. The Balaban J connectivity index is 1.84. The van der Waals surface area contributed by atoms with Crippen molar-refractivity contribution >= 4 is 39.2 Å². The third-order valence-corrected chi connectivity index (χ3v) is 9.97. The van der Waals surface area contributed by atoms with Crippen LogP contribution in [-0.2, 0) is 16.5 Å². The molecule has 146 valence electrons. The van der Waals surface area contributed by atoms with Crippen LogP contribution in [0.2, 0.25) is 0 Å². The summed E-state index contributed by atoms with van der Waals surface area (Å²) in [4.78, 5) is 4.74. The first-order valence-corrected chi connectivity index (χ1v) is 12.9. The number of hydrogen-bond donors (Lipinski definition) is 0. The van der Waals surface area contributed by atoms with Gasteiger partial charge in [-0.2, -0.15) is 0 Å². The summed E-state index contributed by atoms with van der Waals surface area (Å²) < 4.78 is 6.27. The minimum atomic E-state index is -2.09. The van der Waals surface area contributed by atoms with Crippen LogP contribution in [0.4, 0.5) is 0 Å². The van der Waals surface area contributed by atoms with Crippen molar-refractivity contribution < 1.29 is 4.74 Å². The van der Waals surface area contributed by atoms with E-state index in [0.29, 0.717) is 6.61 Å². The molecule has 0 radical (unpaired) electrons. The number of benzene rings is 3. The highest BCUT2D eigenvalue weighted by Gasteiger charge is 2.29. The third-order valence-electron chi connectivity index (χ3n) is 5.15. The first-order chi connectivity index (χ1) is 14.2. The van der Waals surface area contributed by atoms with Gasteiger partial charge in [0.05, 0.1) is 5.69 Å². The van der Waals surface area contributed by atoms with Gasteiger partial charge in [0.25, 0.3) is 0 Å². The normalized spacial score (nSPS) is 12.7. The van der Waals surface area contributed by atoms with Crippen molar-refractivity contribution in [1.82, 2.24) is 4.98 Å². The Hall–Kier alpha value is -2.32. The van der Waals surface area contributed by atoms with Gasteiger partial charge < -0.3 is 4.74 Å². The number of pyridine rings is 1. The van der Waals surface area contributed by atoms with E-state index in [4.69, 9.17) is 21.5 Å². The fourth-order valence-corrected chi connectivity index (χ4v) is 7.66. The van der Waals surface area contributed by atoms with Crippen molar-refractivity contribution in [2.45, 2.75) is 13.0 Å². The first-order valence-electron chi connectivity index (χ1n) is 9.88. The Morgan fingerprint density at radius 1 is 0.828 bits per heavy atom. The van der Waals surface area contributed by atoms with Crippen molar-refractivity contribution in [1.29, 1.82) is 0 Å². The number of nitrogens with zero attached hydrogens (tertiary/aromatic N) is 1. The van der Waals surface area contributed by atoms with Gasteiger partial charge in [0.1, 0.15) is 6.10 Å². The molecule has 1 atom stereocenters. The van der Waals surface area contributed by atoms with E-state index in [1.807, 2.05) is 31.3 Å². The molecule has 0 saturated carbocycles. The maximum absolute atomic E-state index is 6.45. The molecular formula is C25H24NOPS. The lowest BCUT2D eigenvalue weighted by Gasteiger charge is -2.28.